The van der Waals surface area contributed by atoms with Gasteiger partial charge in [-0.25, -0.2) is 0 Å². The summed E-state index contributed by atoms with van der Waals surface area (Å²) in [4.78, 5) is 40.6. The number of hydrogen-bond donors (Lipinski definition) is 1. The van der Waals surface area contributed by atoms with Crippen LogP contribution in [-0.2, 0) is 9.59 Å². The van der Waals surface area contributed by atoms with Crippen LogP contribution in [0.5, 0.6) is 5.75 Å². The van der Waals surface area contributed by atoms with Gasteiger partial charge in [0.1, 0.15) is 5.75 Å². The van der Waals surface area contributed by atoms with Crippen molar-refractivity contribution in [1.82, 2.24) is 14.8 Å². The number of rotatable bonds is 3. The molecule has 0 unspecified atom stereocenters. The summed E-state index contributed by atoms with van der Waals surface area (Å²) >= 11 is 0. The maximum absolute atomic E-state index is 12.4. The molecule has 1 aliphatic rings. The molecule has 7 nitrogen and oxygen atoms in total. The van der Waals surface area contributed by atoms with Crippen molar-refractivity contribution in [2.45, 2.75) is 13.8 Å². The molecule has 156 valence electrons. The monoisotopic (exact) mass is 407 g/mol. The SMILES string of the molecule is CC(=O)Oc1ccccc1C(=O)N1CCN(C=O)CC1.Cc1ccc2cc[nH]c2c1. The summed E-state index contributed by atoms with van der Waals surface area (Å²) in [6.07, 6.45) is 2.75. The van der Waals surface area contributed by atoms with E-state index in [1.165, 1.54) is 23.4 Å². The van der Waals surface area contributed by atoms with Gasteiger partial charge in [0.15, 0.2) is 0 Å². The van der Waals surface area contributed by atoms with Crippen molar-refractivity contribution in [3.63, 3.8) is 0 Å². The smallest absolute Gasteiger partial charge is 0.308 e. The van der Waals surface area contributed by atoms with Gasteiger partial charge in [0.05, 0.1) is 5.56 Å². The maximum atomic E-state index is 12.4. The zero-order chi connectivity index (χ0) is 21.5. The molecule has 2 heterocycles. The first-order chi connectivity index (χ1) is 14.5. The average Bonchev–Trinajstić information content (AvgIpc) is 3.21. The van der Waals surface area contributed by atoms with E-state index < -0.39 is 5.97 Å². The van der Waals surface area contributed by atoms with Crippen molar-refractivity contribution < 1.29 is 19.1 Å². The van der Waals surface area contributed by atoms with E-state index >= 15 is 0 Å². The third kappa shape index (κ3) is 5.26. The molecule has 1 aromatic heterocycles. The first-order valence-electron chi connectivity index (χ1n) is 9.77. The number of piperazine rings is 1. The van der Waals surface area contributed by atoms with Gasteiger partial charge in [0, 0.05) is 44.8 Å². The number of aromatic nitrogens is 1. The number of para-hydroxylation sites is 1. The van der Waals surface area contributed by atoms with E-state index in [1.54, 1.807) is 34.1 Å². The predicted octanol–water partition coefficient (Wildman–Crippen LogP) is 3.00. The summed E-state index contributed by atoms with van der Waals surface area (Å²) in [5, 5.41) is 1.28. The van der Waals surface area contributed by atoms with Crippen molar-refractivity contribution in [3.05, 3.63) is 65.9 Å². The molecule has 30 heavy (non-hydrogen) atoms. The van der Waals surface area contributed by atoms with Crippen LogP contribution in [0.25, 0.3) is 10.9 Å². The number of ether oxygens (including phenoxy) is 1. The number of amides is 2. The van der Waals surface area contributed by atoms with Gasteiger partial charge in [-0.15, -0.1) is 0 Å². The Hall–Kier alpha value is -3.61. The maximum Gasteiger partial charge on any atom is 0.308 e. The molecule has 0 bridgehead atoms. The van der Waals surface area contributed by atoms with Crippen LogP contribution < -0.4 is 4.74 Å². The van der Waals surface area contributed by atoms with Gasteiger partial charge in [-0.3, -0.25) is 14.4 Å². The molecule has 4 rings (SSSR count). The molecule has 0 saturated carbocycles. The molecule has 0 spiro atoms. The molecular weight excluding hydrogens is 382 g/mol. The van der Waals surface area contributed by atoms with E-state index in [9.17, 15) is 14.4 Å². The van der Waals surface area contributed by atoms with Crippen molar-refractivity contribution >= 4 is 29.2 Å². The number of carbonyl (C=O) groups excluding carboxylic acids is 3. The number of fused-ring (bicyclic) bond motifs is 1. The fraction of sp³-hybridized carbons (Fsp3) is 0.261. The number of aryl methyl sites for hydroxylation is 1. The van der Waals surface area contributed by atoms with Crippen LogP contribution in [0.4, 0.5) is 0 Å². The summed E-state index contributed by atoms with van der Waals surface area (Å²) < 4.78 is 5.05. The van der Waals surface area contributed by atoms with Gasteiger partial charge in [-0.2, -0.15) is 0 Å². The minimum atomic E-state index is -0.462. The average molecular weight is 407 g/mol. The zero-order valence-corrected chi connectivity index (χ0v) is 17.1. The molecule has 2 amide bonds. The second kappa shape index (κ2) is 9.73. The van der Waals surface area contributed by atoms with Crippen molar-refractivity contribution in [1.29, 1.82) is 0 Å². The Balaban J connectivity index is 0.000000212. The Morgan fingerprint density at radius 1 is 1.03 bits per heavy atom. The summed E-state index contributed by atoms with van der Waals surface area (Å²) in [7, 11) is 0. The number of aromatic amines is 1. The van der Waals surface area contributed by atoms with Crippen LogP contribution in [-0.4, -0.2) is 59.2 Å². The lowest BCUT2D eigenvalue weighted by molar-refractivity contribution is -0.131. The quantitative estimate of drug-likeness (QED) is 0.411. The molecule has 0 aliphatic carbocycles. The molecule has 0 atom stereocenters. The normalized spacial score (nSPS) is 13.4. The molecule has 2 aromatic carbocycles. The second-order valence-electron chi connectivity index (χ2n) is 7.09. The zero-order valence-electron chi connectivity index (χ0n) is 17.1. The molecule has 0 radical (unpaired) electrons. The van der Waals surface area contributed by atoms with Crippen LogP contribution in [0.1, 0.15) is 22.8 Å². The van der Waals surface area contributed by atoms with Crippen molar-refractivity contribution in [2.24, 2.45) is 0 Å². The number of esters is 1. The summed E-state index contributed by atoms with van der Waals surface area (Å²) in [6.45, 7) is 5.39. The Morgan fingerprint density at radius 2 is 1.77 bits per heavy atom. The lowest BCUT2D eigenvalue weighted by Gasteiger charge is -2.32. The van der Waals surface area contributed by atoms with E-state index in [4.69, 9.17) is 4.74 Å². The lowest BCUT2D eigenvalue weighted by Crippen LogP contribution is -2.48. The Labute approximate surface area is 175 Å². The van der Waals surface area contributed by atoms with Gasteiger partial charge in [0.2, 0.25) is 6.41 Å². The van der Waals surface area contributed by atoms with Crippen LogP contribution in [0.3, 0.4) is 0 Å². The second-order valence-corrected chi connectivity index (χ2v) is 7.09. The van der Waals surface area contributed by atoms with Gasteiger partial charge in [-0.1, -0.05) is 24.3 Å². The summed E-state index contributed by atoms with van der Waals surface area (Å²) in [6, 6.07) is 15.1. The van der Waals surface area contributed by atoms with Gasteiger partial charge < -0.3 is 19.5 Å². The van der Waals surface area contributed by atoms with Gasteiger partial charge in [0.25, 0.3) is 5.91 Å². The standard InChI is InChI=1S/C14H16N2O4.C9H9N/c1-11(18)20-13-5-3-2-4-12(13)14(19)16-8-6-15(10-17)7-9-16;1-7-2-3-8-4-5-10-9(8)6-7/h2-5,10H,6-9H2,1H3;2-6,10H,1H3. The molecule has 3 aromatic rings. The first-order valence-corrected chi connectivity index (χ1v) is 9.77. The largest absolute Gasteiger partial charge is 0.426 e. The Morgan fingerprint density at radius 3 is 2.47 bits per heavy atom. The van der Waals surface area contributed by atoms with E-state index in [2.05, 4.69) is 36.2 Å². The number of carbonyl (C=O) groups is 3. The lowest BCUT2D eigenvalue weighted by atomic mass is 10.1. The Bertz CT molecular complexity index is 1040. The van der Waals surface area contributed by atoms with Crippen LogP contribution in [0, 0.1) is 6.92 Å². The summed E-state index contributed by atoms with van der Waals surface area (Å²) in [5.74, 6) is -0.383. The highest BCUT2D eigenvalue weighted by atomic mass is 16.5. The highest BCUT2D eigenvalue weighted by Gasteiger charge is 2.23. The topological polar surface area (TPSA) is 82.7 Å². The number of H-pyrrole nitrogens is 1. The van der Waals surface area contributed by atoms with E-state index in [1.807, 2.05) is 6.20 Å². The third-order valence-electron chi connectivity index (χ3n) is 4.83. The van der Waals surface area contributed by atoms with Gasteiger partial charge in [-0.05, 0) is 42.1 Å². The molecule has 1 fully saturated rings. The minimum absolute atomic E-state index is 0.188. The minimum Gasteiger partial charge on any atom is -0.426 e. The fourth-order valence-corrected chi connectivity index (χ4v) is 3.25. The van der Waals surface area contributed by atoms with Crippen LogP contribution >= 0.6 is 0 Å². The van der Waals surface area contributed by atoms with Gasteiger partial charge >= 0.3 is 5.97 Å². The predicted molar refractivity (Wildman–Crippen MR) is 114 cm³/mol. The molecule has 1 aliphatic heterocycles. The molecular formula is C23H25N3O4. The number of nitrogens with one attached hydrogen (secondary N) is 1. The highest BCUT2D eigenvalue weighted by Crippen LogP contribution is 2.20. The highest BCUT2D eigenvalue weighted by molar-refractivity contribution is 5.97. The molecule has 7 heteroatoms. The number of benzene rings is 2. The van der Waals surface area contributed by atoms with Crippen molar-refractivity contribution in [2.75, 3.05) is 26.2 Å². The van der Waals surface area contributed by atoms with E-state index in [-0.39, 0.29) is 11.7 Å². The molecule has 1 saturated heterocycles. The fourth-order valence-electron chi connectivity index (χ4n) is 3.25. The van der Waals surface area contributed by atoms with E-state index in [0.29, 0.717) is 31.7 Å². The summed E-state index contributed by atoms with van der Waals surface area (Å²) in [5.41, 5.74) is 2.89. The number of hydrogen-bond acceptors (Lipinski definition) is 4. The first kappa shape index (κ1) is 21.1. The third-order valence-corrected chi connectivity index (χ3v) is 4.83. The van der Waals surface area contributed by atoms with Crippen molar-refractivity contribution in [3.8, 4) is 5.75 Å². The Kier molecular flexibility index (Phi) is 6.85. The molecule has 1 N–H and O–H groups in total. The number of nitrogens with zero attached hydrogens (tertiary/aromatic N) is 2. The van der Waals surface area contributed by atoms with Crippen LogP contribution in [0.2, 0.25) is 0 Å². The van der Waals surface area contributed by atoms with E-state index in [0.717, 1.165) is 6.41 Å². The van der Waals surface area contributed by atoms with Crippen LogP contribution in [0.15, 0.2) is 54.7 Å².